The van der Waals surface area contributed by atoms with Crippen molar-refractivity contribution in [3.05, 3.63) is 80.4 Å². The normalized spacial score (nSPS) is 16.2. The van der Waals surface area contributed by atoms with Gasteiger partial charge in [-0.15, -0.1) is 11.3 Å². The van der Waals surface area contributed by atoms with E-state index in [-0.39, 0.29) is 11.6 Å². The Balaban J connectivity index is 1.62. The predicted octanol–water partition coefficient (Wildman–Crippen LogP) is 4.63. The van der Waals surface area contributed by atoms with Gasteiger partial charge >= 0.3 is 0 Å². The third-order valence-electron chi connectivity index (χ3n) is 5.03. The predicted molar refractivity (Wildman–Crippen MR) is 115 cm³/mol. The number of nitrogens with one attached hydrogen (secondary N) is 1. The molecule has 0 saturated carbocycles. The molecule has 4 aromatic rings. The first-order chi connectivity index (χ1) is 13.7. The highest BCUT2D eigenvalue weighted by Crippen LogP contribution is 2.36. The molecule has 5 rings (SSSR count). The van der Waals surface area contributed by atoms with Crippen LogP contribution in [0.3, 0.4) is 0 Å². The Bertz CT molecular complexity index is 1240. The van der Waals surface area contributed by atoms with E-state index >= 15 is 0 Å². The van der Waals surface area contributed by atoms with Crippen LogP contribution in [0.2, 0.25) is 0 Å². The Morgan fingerprint density at radius 1 is 1.18 bits per heavy atom. The summed E-state index contributed by atoms with van der Waals surface area (Å²) in [6, 6.07) is 14.3. The molecule has 6 heteroatoms. The topological polar surface area (TPSA) is 61.9 Å². The summed E-state index contributed by atoms with van der Waals surface area (Å²) in [5, 5.41) is 2.54. The highest BCUT2D eigenvalue weighted by atomic mass is 32.1. The van der Waals surface area contributed by atoms with Crippen molar-refractivity contribution in [2.45, 2.75) is 19.4 Å². The van der Waals surface area contributed by atoms with E-state index in [1.807, 2.05) is 47.9 Å². The highest BCUT2D eigenvalue weighted by Gasteiger charge is 2.28. The van der Waals surface area contributed by atoms with E-state index in [9.17, 15) is 4.79 Å². The molecule has 0 spiro atoms. The SMILES string of the molecule is C[C@H]1Cc2ccccc2N1c1nc2nccc(/C=C/c3cccs3)c2c(=O)[nH]1. The van der Waals surface area contributed by atoms with Crippen LogP contribution in [-0.2, 0) is 6.42 Å². The maximum absolute atomic E-state index is 13.0. The Morgan fingerprint density at radius 3 is 2.93 bits per heavy atom. The van der Waals surface area contributed by atoms with Crippen molar-refractivity contribution in [2.24, 2.45) is 0 Å². The molecule has 1 aliphatic heterocycles. The summed E-state index contributed by atoms with van der Waals surface area (Å²) >= 11 is 1.65. The Kier molecular flexibility index (Phi) is 4.06. The zero-order valence-corrected chi connectivity index (χ0v) is 16.1. The fourth-order valence-corrected chi connectivity index (χ4v) is 4.39. The Morgan fingerprint density at radius 2 is 2.07 bits per heavy atom. The molecule has 1 atom stereocenters. The molecule has 3 aromatic heterocycles. The number of pyridine rings is 1. The average molecular weight is 386 g/mol. The third-order valence-corrected chi connectivity index (χ3v) is 5.87. The van der Waals surface area contributed by atoms with E-state index in [2.05, 4.69) is 33.9 Å². The van der Waals surface area contributed by atoms with Gasteiger partial charge in [0.1, 0.15) is 0 Å². The van der Waals surface area contributed by atoms with Crippen molar-refractivity contribution >= 4 is 46.2 Å². The first-order valence-electron chi connectivity index (χ1n) is 9.18. The van der Waals surface area contributed by atoms with Crippen molar-refractivity contribution in [2.75, 3.05) is 4.90 Å². The molecule has 0 saturated heterocycles. The third kappa shape index (κ3) is 2.82. The van der Waals surface area contributed by atoms with Crippen LogP contribution in [0.25, 0.3) is 23.2 Å². The fourth-order valence-electron chi connectivity index (χ4n) is 3.77. The van der Waals surface area contributed by atoms with Gasteiger partial charge in [0.25, 0.3) is 5.56 Å². The van der Waals surface area contributed by atoms with Crippen LogP contribution < -0.4 is 10.5 Å². The van der Waals surface area contributed by atoms with Crippen molar-refractivity contribution in [3.8, 4) is 0 Å². The number of H-pyrrole nitrogens is 1. The summed E-state index contributed by atoms with van der Waals surface area (Å²) in [6.07, 6.45) is 6.58. The number of thiophene rings is 1. The molecule has 0 bridgehead atoms. The molecule has 1 aliphatic rings. The van der Waals surface area contributed by atoms with Gasteiger partial charge in [-0.1, -0.05) is 30.3 Å². The first-order valence-corrected chi connectivity index (χ1v) is 10.1. The van der Waals surface area contributed by atoms with E-state index in [1.54, 1.807) is 17.5 Å². The lowest BCUT2D eigenvalue weighted by Crippen LogP contribution is -2.28. The molecule has 0 unspecified atom stereocenters. The number of benzene rings is 1. The van der Waals surface area contributed by atoms with Crippen LogP contribution >= 0.6 is 11.3 Å². The van der Waals surface area contributed by atoms with E-state index in [1.165, 1.54) is 5.56 Å². The maximum Gasteiger partial charge on any atom is 0.262 e. The van der Waals surface area contributed by atoms with Crippen LogP contribution in [0, 0.1) is 0 Å². The molecular formula is C22H18N4OS. The molecule has 138 valence electrons. The number of anilines is 2. The Hall–Kier alpha value is -3.25. The summed E-state index contributed by atoms with van der Waals surface area (Å²) in [5.41, 5.74) is 3.46. The smallest absolute Gasteiger partial charge is 0.262 e. The van der Waals surface area contributed by atoms with Crippen molar-refractivity contribution in [3.63, 3.8) is 0 Å². The fraction of sp³-hybridized carbons (Fsp3) is 0.136. The summed E-state index contributed by atoms with van der Waals surface area (Å²) in [4.78, 5) is 28.2. The van der Waals surface area contributed by atoms with Gasteiger partial charge in [0, 0.05) is 22.8 Å². The summed E-state index contributed by atoms with van der Waals surface area (Å²) in [6.45, 7) is 2.14. The van der Waals surface area contributed by atoms with Gasteiger partial charge in [-0.3, -0.25) is 9.78 Å². The van der Waals surface area contributed by atoms with Gasteiger partial charge in [0.15, 0.2) is 5.65 Å². The van der Waals surface area contributed by atoms with Gasteiger partial charge in [-0.05, 0) is 54.1 Å². The lowest BCUT2D eigenvalue weighted by molar-refractivity contribution is 0.740. The van der Waals surface area contributed by atoms with Crippen LogP contribution in [0.15, 0.2) is 58.8 Å². The summed E-state index contributed by atoms with van der Waals surface area (Å²) < 4.78 is 0. The number of aromatic amines is 1. The molecule has 0 amide bonds. The molecule has 28 heavy (non-hydrogen) atoms. The van der Waals surface area contributed by atoms with Crippen molar-refractivity contribution < 1.29 is 0 Å². The molecule has 1 aromatic carbocycles. The second-order valence-corrected chi connectivity index (χ2v) is 7.87. The minimum absolute atomic E-state index is 0.171. The van der Waals surface area contributed by atoms with Gasteiger partial charge in [0.05, 0.1) is 5.39 Å². The zero-order chi connectivity index (χ0) is 19.1. The number of fused-ring (bicyclic) bond motifs is 2. The van der Waals surface area contributed by atoms with Gasteiger partial charge in [-0.25, -0.2) is 4.98 Å². The van der Waals surface area contributed by atoms with Gasteiger partial charge in [-0.2, -0.15) is 4.98 Å². The van der Waals surface area contributed by atoms with E-state index < -0.39 is 0 Å². The van der Waals surface area contributed by atoms with Gasteiger partial charge in [0.2, 0.25) is 5.95 Å². The van der Waals surface area contributed by atoms with Crippen LogP contribution in [-0.4, -0.2) is 21.0 Å². The largest absolute Gasteiger partial charge is 0.309 e. The van der Waals surface area contributed by atoms with Crippen molar-refractivity contribution in [1.82, 2.24) is 15.0 Å². The highest BCUT2D eigenvalue weighted by molar-refractivity contribution is 7.10. The second kappa shape index (κ2) is 6.73. The van der Waals surface area contributed by atoms with Crippen LogP contribution in [0.4, 0.5) is 11.6 Å². The van der Waals surface area contributed by atoms with Crippen molar-refractivity contribution in [1.29, 1.82) is 0 Å². The summed E-state index contributed by atoms with van der Waals surface area (Å²) in [7, 11) is 0. The minimum Gasteiger partial charge on any atom is -0.309 e. The quantitative estimate of drug-likeness (QED) is 0.557. The molecule has 4 heterocycles. The monoisotopic (exact) mass is 386 g/mol. The van der Waals surface area contributed by atoms with E-state index in [0.29, 0.717) is 17.0 Å². The molecule has 1 N–H and O–H groups in total. The average Bonchev–Trinajstić information content (AvgIpc) is 3.32. The zero-order valence-electron chi connectivity index (χ0n) is 15.3. The minimum atomic E-state index is -0.171. The van der Waals surface area contributed by atoms with Crippen LogP contribution in [0.1, 0.15) is 22.9 Å². The molecule has 0 aliphatic carbocycles. The number of nitrogens with zero attached hydrogens (tertiary/aromatic N) is 3. The molecular weight excluding hydrogens is 368 g/mol. The summed E-state index contributed by atoms with van der Waals surface area (Å²) in [5.74, 6) is 0.543. The molecule has 0 fully saturated rings. The number of hydrogen-bond acceptors (Lipinski definition) is 5. The lowest BCUT2D eigenvalue weighted by Gasteiger charge is -2.23. The molecule has 5 nitrogen and oxygen atoms in total. The standard InChI is InChI=1S/C22H18N4OS/c1-14-13-16-5-2-3-7-18(16)26(14)22-24-20-19(21(27)25-22)15(10-11-23-20)8-9-17-6-4-12-28-17/h2-12,14H,13H2,1H3,(H,23,24,25,27)/b9-8+/t14-/m0/s1. The van der Waals surface area contributed by atoms with E-state index in [0.717, 1.165) is 22.5 Å². The first kappa shape index (κ1) is 16.9. The number of para-hydroxylation sites is 1. The van der Waals surface area contributed by atoms with E-state index in [4.69, 9.17) is 4.98 Å². The molecule has 0 radical (unpaired) electrons. The number of aromatic nitrogens is 3. The Labute approximate surface area is 166 Å². The number of rotatable bonds is 3. The lowest BCUT2D eigenvalue weighted by atomic mass is 10.1. The second-order valence-electron chi connectivity index (χ2n) is 6.89. The number of hydrogen-bond donors (Lipinski definition) is 1. The van der Waals surface area contributed by atoms with Crippen LogP contribution in [0.5, 0.6) is 0 Å². The van der Waals surface area contributed by atoms with Gasteiger partial charge < -0.3 is 4.90 Å². The maximum atomic E-state index is 13.0.